The predicted molar refractivity (Wildman–Crippen MR) is 131 cm³/mol. The molecule has 1 fully saturated rings. The number of sulfonamides is 1. The highest BCUT2D eigenvalue weighted by Crippen LogP contribution is 2.17. The third-order valence-electron chi connectivity index (χ3n) is 5.44. The molecule has 1 amide bonds. The number of aromatic nitrogens is 1. The molecule has 0 spiro atoms. The van der Waals surface area contributed by atoms with Crippen LogP contribution in [0.2, 0.25) is 0 Å². The van der Waals surface area contributed by atoms with Gasteiger partial charge in [-0.3, -0.25) is 9.78 Å². The summed E-state index contributed by atoms with van der Waals surface area (Å²) in [5.74, 6) is -3.42. The molecule has 1 aliphatic heterocycles. The molecular formula is C24H31N3O8S. The number of hydrogen-bond donors (Lipinski definition) is 2. The van der Waals surface area contributed by atoms with Crippen molar-refractivity contribution in [2.45, 2.75) is 32.2 Å². The van der Waals surface area contributed by atoms with E-state index in [0.717, 1.165) is 25.7 Å². The van der Waals surface area contributed by atoms with E-state index >= 15 is 0 Å². The van der Waals surface area contributed by atoms with E-state index in [1.165, 1.54) is 0 Å². The van der Waals surface area contributed by atoms with Gasteiger partial charge in [0, 0.05) is 31.4 Å². The molecule has 36 heavy (non-hydrogen) atoms. The van der Waals surface area contributed by atoms with Crippen molar-refractivity contribution in [2.75, 3.05) is 32.5 Å². The van der Waals surface area contributed by atoms with Crippen LogP contribution in [0.1, 0.15) is 41.7 Å². The molecule has 1 saturated heterocycles. The molecule has 0 unspecified atom stereocenters. The minimum absolute atomic E-state index is 0.102. The normalized spacial score (nSPS) is 14.0. The molecule has 0 atom stereocenters. The number of pyridine rings is 1. The van der Waals surface area contributed by atoms with Crippen molar-refractivity contribution in [3.05, 3.63) is 59.9 Å². The first-order valence-corrected chi connectivity index (χ1v) is 13.0. The van der Waals surface area contributed by atoms with Crippen LogP contribution in [0.3, 0.4) is 0 Å². The maximum atomic E-state index is 13.2. The number of benzene rings is 1. The smallest absolute Gasteiger partial charge is 0.414 e. The van der Waals surface area contributed by atoms with Crippen LogP contribution < -0.4 is 4.74 Å². The zero-order valence-corrected chi connectivity index (χ0v) is 20.9. The Morgan fingerprint density at radius 3 is 2.22 bits per heavy atom. The van der Waals surface area contributed by atoms with E-state index in [4.69, 9.17) is 24.5 Å². The molecule has 2 aromatic rings. The van der Waals surface area contributed by atoms with Gasteiger partial charge in [0.2, 0.25) is 10.0 Å². The van der Waals surface area contributed by atoms with Crippen molar-refractivity contribution in [3.8, 4) is 5.75 Å². The third-order valence-corrected chi connectivity index (χ3v) is 7.29. The fraction of sp³-hybridized carbons (Fsp3) is 0.417. The van der Waals surface area contributed by atoms with Gasteiger partial charge in [-0.25, -0.2) is 22.3 Å². The lowest BCUT2D eigenvalue weighted by atomic mass is 10.2. The molecule has 11 nitrogen and oxygen atoms in total. The summed E-state index contributed by atoms with van der Waals surface area (Å²) in [6, 6.07) is 12.4. The van der Waals surface area contributed by atoms with Crippen molar-refractivity contribution in [1.82, 2.24) is 14.2 Å². The van der Waals surface area contributed by atoms with Crippen LogP contribution in [0.4, 0.5) is 0 Å². The second-order valence-electron chi connectivity index (χ2n) is 8.02. The van der Waals surface area contributed by atoms with Gasteiger partial charge in [-0.2, -0.15) is 0 Å². The van der Waals surface area contributed by atoms with Crippen molar-refractivity contribution in [1.29, 1.82) is 0 Å². The van der Waals surface area contributed by atoms with E-state index in [1.54, 1.807) is 46.8 Å². The topological polar surface area (TPSA) is 154 Å². The van der Waals surface area contributed by atoms with E-state index < -0.39 is 22.0 Å². The van der Waals surface area contributed by atoms with Gasteiger partial charge in [-0.15, -0.1) is 0 Å². The molecule has 0 radical (unpaired) electrons. The number of ether oxygens (including phenoxy) is 1. The lowest BCUT2D eigenvalue weighted by Gasteiger charge is -2.25. The number of rotatable bonds is 8. The average Bonchev–Trinajstić information content (AvgIpc) is 3.17. The maximum Gasteiger partial charge on any atom is 0.414 e. The molecule has 196 valence electrons. The summed E-state index contributed by atoms with van der Waals surface area (Å²) < 4.78 is 32.6. The van der Waals surface area contributed by atoms with Gasteiger partial charge in [-0.05, 0) is 43.2 Å². The molecular weight excluding hydrogens is 490 g/mol. The van der Waals surface area contributed by atoms with Crippen molar-refractivity contribution in [2.24, 2.45) is 0 Å². The summed E-state index contributed by atoms with van der Waals surface area (Å²) >= 11 is 0. The van der Waals surface area contributed by atoms with Gasteiger partial charge in [0.1, 0.15) is 5.75 Å². The van der Waals surface area contributed by atoms with Gasteiger partial charge in [0.05, 0.1) is 25.1 Å². The molecule has 1 aromatic carbocycles. The number of carboxylic acid groups (broad SMARTS) is 2. The molecule has 12 heteroatoms. The minimum Gasteiger partial charge on any atom is -0.497 e. The number of carbonyl (C=O) groups excluding carboxylic acids is 1. The highest BCUT2D eigenvalue weighted by Gasteiger charge is 2.26. The Hall–Kier alpha value is -3.51. The second kappa shape index (κ2) is 14.1. The Labute approximate surface area is 210 Å². The average molecular weight is 522 g/mol. The van der Waals surface area contributed by atoms with Crippen molar-refractivity contribution < 1.29 is 37.8 Å². The molecule has 0 aliphatic carbocycles. The molecule has 1 aromatic heterocycles. The Morgan fingerprint density at radius 2 is 1.67 bits per heavy atom. The van der Waals surface area contributed by atoms with Gasteiger partial charge in [0.15, 0.2) is 0 Å². The van der Waals surface area contributed by atoms with Gasteiger partial charge in [-0.1, -0.05) is 25.0 Å². The molecule has 0 saturated carbocycles. The number of carboxylic acids is 2. The van der Waals surface area contributed by atoms with E-state index in [2.05, 4.69) is 4.98 Å². The molecule has 1 aliphatic rings. The van der Waals surface area contributed by atoms with Crippen LogP contribution in [0.15, 0.2) is 48.7 Å². The zero-order chi connectivity index (χ0) is 26.6. The quantitative estimate of drug-likeness (QED) is 0.497. The largest absolute Gasteiger partial charge is 0.497 e. The predicted octanol–water partition coefficient (Wildman–Crippen LogP) is 2.09. The maximum absolute atomic E-state index is 13.2. The summed E-state index contributed by atoms with van der Waals surface area (Å²) in [7, 11) is -1.88. The number of amides is 1. The first kappa shape index (κ1) is 28.7. The highest BCUT2D eigenvalue weighted by atomic mass is 32.2. The number of carbonyl (C=O) groups is 3. The standard InChI is InChI=1S/C22H29N3O4S.C2H2O4/c1-29-21-11-8-9-19(17-21)22(26)24(18-20-10-4-5-12-23-20)15-16-30(27,28)25-13-6-2-3-7-14-25;3-1(4)2(5)6/h4-5,8-12,17H,2-3,6-7,13-16,18H2,1H3;(H,3,4)(H,5,6). The van der Waals surface area contributed by atoms with Gasteiger partial charge < -0.3 is 19.8 Å². The minimum atomic E-state index is -3.43. The number of aliphatic carboxylic acids is 2. The van der Waals surface area contributed by atoms with Gasteiger partial charge in [0.25, 0.3) is 5.91 Å². The fourth-order valence-electron chi connectivity index (χ4n) is 3.55. The Balaban J connectivity index is 0.000000678. The lowest BCUT2D eigenvalue weighted by molar-refractivity contribution is -0.159. The molecule has 2 heterocycles. The monoisotopic (exact) mass is 521 g/mol. The summed E-state index contributed by atoms with van der Waals surface area (Å²) in [6.45, 7) is 1.47. The third kappa shape index (κ3) is 9.27. The van der Waals surface area contributed by atoms with Crippen LogP contribution in [-0.4, -0.2) is 83.2 Å². The molecule has 3 rings (SSSR count). The van der Waals surface area contributed by atoms with Crippen LogP contribution in [0.25, 0.3) is 0 Å². The van der Waals surface area contributed by atoms with Crippen LogP contribution in [0.5, 0.6) is 5.75 Å². The first-order chi connectivity index (χ1) is 17.1. The highest BCUT2D eigenvalue weighted by molar-refractivity contribution is 7.89. The van der Waals surface area contributed by atoms with E-state index in [1.807, 2.05) is 18.2 Å². The Kier molecular flexibility index (Phi) is 11.3. The summed E-state index contributed by atoms with van der Waals surface area (Å²) in [4.78, 5) is 37.2. The molecule has 2 N–H and O–H groups in total. The van der Waals surface area contributed by atoms with Crippen LogP contribution in [-0.2, 0) is 26.2 Å². The number of nitrogens with zero attached hydrogens (tertiary/aromatic N) is 3. The number of methoxy groups -OCH3 is 1. The summed E-state index contributed by atoms with van der Waals surface area (Å²) in [5, 5.41) is 14.8. The Bertz CT molecular complexity index is 1110. The van der Waals surface area contributed by atoms with Crippen molar-refractivity contribution >= 4 is 27.9 Å². The lowest BCUT2D eigenvalue weighted by Crippen LogP contribution is -2.40. The number of hydrogen-bond acceptors (Lipinski definition) is 7. The fourth-order valence-corrected chi connectivity index (χ4v) is 5.08. The SMILES string of the molecule is COc1cccc(C(=O)N(CCS(=O)(=O)N2CCCCCC2)Cc2ccccn2)c1.O=C(O)C(=O)O. The second-order valence-corrected chi connectivity index (χ2v) is 10.1. The van der Waals surface area contributed by atoms with Crippen molar-refractivity contribution in [3.63, 3.8) is 0 Å². The van der Waals surface area contributed by atoms with E-state index in [9.17, 15) is 13.2 Å². The van der Waals surface area contributed by atoms with E-state index in [-0.39, 0.29) is 24.7 Å². The molecule has 0 bridgehead atoms. The zero-order valence-electron chi connectivity index (χ0n) is 20.1. The van der Waals surface area contributed by atoms with Gasteiger partial charge >= 0.3 is 11.9 Å². The summed E-state index contributed by atoms with van der Waals surface area (Å²) in [5.41, 5.74) is 1.17. The first-order valence-electron chi connectivity index (χ1n) is 11.4. The van der Waals surface area contributed by atoms with E-state index in [0.29, 0.717) is 30.1 Å². The van der Waals surface area contributed by atoms with Crippen LogP contribution in [0, 0.1) is 0 Å². The van der Waals surface area contributed by atoms with Crippen LogP contribution >= 0.6 is 0 Å². The Morgan fingerprint density at radius 1 is 1.00 bits per heavy atom. The summed E-state index contributed by atoms with van der Waals surface area (Å²) in [6.07, 6.45) is 5.56.